The lowest BCUT2D eigenvalue weighted by Gasteiger charge is -2.54. The van der Waals surface area contributed by atoms with E-state index >= 15 is 0 Å². The number of ether oxygens (including phenoxy) is 2. The van der Waals surface area contributed by atoms with Crippen molar-refractivity contribution in [3.63, 3.8) is 0 Å². The summed E-state index contributed by atoms with van der Waals surface area (Å²) < 4.78 is 18.6. The first-order valence-electron chi connectivity index (χ1n) is 15.0. The monoisotopic (exact) mass is 584 g/mol. The number of allylic oxidation sites excluding steroid dienone is 1. The molecule has 2 aliphatic carbocycles. The molecule has 0 spiro atoms. The third-order valence-electron chi connectivity index (χ3n) is 10.3. The van der Waals surface area contributed by atoms with Gasteiger partial charge in [0.15, 0.2) is 8.32 Å². The van der Waals surface area contributed by atoms with E-state index in [1.807, 2.05) is 33.8 Å². The Morgan fingerprint density at radius 2 is 1.82 bits per heavy atom. The highest BCUT2D eigenvalue weighted by Gasteiger charge is 2.58. The number of hydrogen-bond acceptors (Lipinski definition) is 6. The highest BCUT2D eigenvalue weighted by molar-refractivity contribution is 6.74. The lowest BCUT2D eigenvalue weighted by atomic mass is 9.58. The summed E-state index contributed by atoms with van der Waals surface area (Å²) in [5, 5.41) is 11.6. The molecule has 0 bridgehead atoms. The van der Waals surface area contributed by atoms with Gasteiger partial charge in [-0.25, -0.2) is 0 Å². The molecule has 9 unspecified atom stereocenters. The van der Waals surface area contributed by atoms with E-state index in [-0.39, 0.29) is 52.9 Å². The summed E-state index contributed by atoms with van der Waals surface area (Å²) in [4.78, 5) is 25.7. The first-order chi connectivity index (χ1) is 17.8. The Bertz CT molecular complexity index is 927. The van der Waals surface area contributed by atoms with Gasteiger partial charge in [-0.05, 0) is 75.4 Å². The predicted molar refractivity (Wildman–Crippen MR) is 158 cm³/mol. The molecule has 1 saturated heterocycles. The Morgan fingerprint density at radius 1 is 1.18 bits per heavy atom. The molecule has 224 valence electrons. The van der Waals surface area contributed by atoms with Crippen molar-refractivity contribution >= 4 is 31.9 Å². The quantitative estimate of drug-likeness (QED) is 0.143. The maximum atomic E-state index is 13.2. The van der Waals surface area contributed by atoms with Gasteiger partial charge >= 0.3 is 11.9 Å². The van der Waals surface area contributed by atoms with Crippen LogP contribution in [0.4, 0.5) is 0 Å². The molecule has 1 saturated carbocycles. The van der Waals surface area contributed by atoms with Gasteiger partial charge in [0.1, 0.15) is 17.8 Å². The van der Waals surface area contributed by atoms with Crippen LogP contribution in [0, 0.1) is 29.1 Å². The summed E-state index contributed by atoms with van der Waals surface area (Å²) in [5.41, 5.74) is -1.87. The molecule has 0 amide bonds. The Morgan fingerprint density at radius 3 is 2.41 bits per heavy atom. The second kappa shape index (κ2) is 11.8. The van der Waals surface area contributed by atoms with E-state index in [9.17, 15) is 14.7 Å². The zero-order chi connectivity index (χ0) is 29.6. The predicted octanol–water partition coefficient (Wildman–Crippen LogP) is 7.03. The van der Waals surface area contributed by atoms with Gasteiger partial charge in [-0.15, -0.1) is 11.6 Å². The lowest BCUT2D eigenvalue weighted by molar-refractivity contribution is -0.183. The summed E-state index contributed by atoms with van der Waals surface area (Å²) in [7, 11) is -2.02. The third-order valence-corrected chi connectivity index (χ3v) is 15.6. The van der Waals surface area contributed by atoms with Crippen LogP contribution in [-0.4, -0.2) is 54.7 Å². The SMILES string of the molecule is CCC(C)(C)C(=O)OC1CC(C)C(Cl)C2(O)C=CC(C)C(CCC3CC(O[Si](C)(C)C(C)(C)C)CC(=O)O3)C12. The fraction of sp³-hybridized carbons (Fsp3) is 0.871. The number of rotatable bonds is 8. The van der Waals surface area contributed by atoms with Crippen LogP contribution in [0.15, 0.2) is 12.2 Å². The van der Waals surface area contributed by atoms with Gasteiger partial charge in [-0.3, -0.25) is 9.59 Å². The number of esters is 2. The molecule has 0 aromatic heterocycles. The van der Waals surface area contributed by atoms with E-state index in [4.69, 9.17) is 25.5 Å². The van der Waals surface area contributed by atoms with Gasteiger partial charge in [0, 0.05) is 12.3 Å². The number of hydrogen-bond donors (Lipinski definition) is 1. The molecule has 0 radical (unpaired) electrons. The van der Waals surface area contributed by atoms with E-state index < -0.39 is 30.8 Å². The van der Waals surface area contributed by atoms with Crippen LogP contribution in [0.2, 0.25) is 18.1 Å². The number of alkyl halides is 1. The van der Waals surface area contributed by atoms with Gasteiger partial charge in [-0.2, -0.15) is 0 Å². The fourth-order valence-corrected chi connectivity index (χ4v) is 7.94. The number of aliphatic hydroxyl groups is 1. The average molecular weight is 585 g/mol. The number of fused-ring (bicyclic) bond motifs is 1. The number of carbonyl (C=O) groups is 2. The van der Waals surface area contributed by atoms with Crippen molar-refractivity contribution in [1.29, 1.82) is 0 Å². The molecule has 2 fully saturated rings. The minimum absolute atomic E-state index is 0.0123. The molecule has 6 nitrogen and oxygen atoms in total. The summed E-state index contributed by atoms with van der Waals surface area (Å²) in [6.45, 7) is 21.0. The van der Waals surface area contributed by atoms with Crippen LogP contribution in [0.1, 0.15) is 93.9 Å². The van der Waals surface area contributed by atoms with Crippen molar-refractivity contribution in [3.8, 4) is 0 Å². The van der Waals surface area contributed by atoms with Crippen molar-refractivity contribution in [2.75, 3.05) is 0 Å². The average Bonchev–Trinajstić information content (AvgIpc) is 2.81. The van der Waals surface area contributed by atoms with Crippen molar-refractivity contribution < 1.29 is 28.6 Å². The maximum Gasteiger partial charge on any atom is 0.311 e. The highest BCUT2D eigenvalue weighted by Crippen LogP contribution is 2.52. The summed E-state index contributed by atoms with van der Waals surface area (Å²) in [6, 6.07) is 0. The van der Waals surface area contributed by atoms with Gasteiger partial charge in [0.25, 0.3) is 0 Å². The molecule has 3 rings (SSSR count). The zero-order valence-electron chi connectivity index (χ0n) is 25.9. The van der Waals surface area contributed by atoms with Crippen molar-refractivity contribution in [1.82, 2.24) is 0 Å². The number of cyclic esters (lactones) is 1. The smallest absolute Gasteiger partial charge is 0.311 e. The van der Waals surface area contributed by atoms with E-state index in [2.05, 4.69) is 46.9 Å². The standard InChI is InChI=1S/C31H53ClO6Si/c1-11-30(7,8)28(34)37-24-16-20(3)27(32)31(35)15-14-19(2)23(26(24)31)13-12-21-17-22(18-25(33)36-21)38-39(9,10)29(4,5)6/h14-15,19-24,26-27,35H,11-13,16-18H2,1-10H3. The lowest BCUT2D eigenvalue weighted by Crippen LogP contribution is -2.62. The Labute approximate surface area is 242 Å². The summed E-state index contributed by atoms with van der Waals surface area (Å²) in [6.07, 6.45) is 6.77. The van der Waals surface area contributed by atoms with Crippen LogP contribution in [0.3, 0.4) is 0 Å². The molecule has 1 N–H and O–H groups in total. The van der Waals surface area contributed by atoms with Gasteiger partial charge in [-0.1, -0.05) is 53.7 Å². The Hall–Kier alpha value is -0.893. The van der Waals surface area contributed by atoms with Crippen LogP contribution in [-0.2, 0) is 23.5 Å². The minimum Gasteiger partial charge on any atom is -0.462 e. The van der Waals surface area contributed by atoms with Gasteiger partial charge in [0.05, 0.1) is 23.3 Å². The first-order valence-corrected chi connectivity index (χ1v) is 18.3. The van der Waals surface area contributed by atoms with Crippen LogP contribution < -0.4 is 0 Å². The normalized spacial score (nSPS) is 37.7. The first kappa shape index (κ1) is 32.6. The summed E-state index contributed by atoms with van der Waals surface area (Å²) >= 11 is 6.88. The number of carbonyl (C=O) groups excluding carboxylic acids is 2. The van der Waals surface area contributed by atoms with Crippen molar-refractivity contribution in [3.05, 3.63) is 12.2 Å². The van der Waals surface area contributed by atoms with Crippen molar-refractivity contribution in [2.45, 2.75) is 141 Å². The molecule has 0 aromatic rings. The molecule has 1 aliphatic heterocycles. The van der Waals surface area contributed by atoms with Crippen LogP contribution in [0.5, 0.6) is 0 Å². The Balaban J connectivity index is 1.80. The molecule has 0 aromatic carbocycles. The second-order valence-electron chi connectivity index (χ2n) is 14.7. The molecule has 1 heterocycles. The molecule has 3 aliphatic rings. The fourth-order valence-electron chi connectivity index (χ4n) is 6.26. The van der Waals surface area contributed by atoms with E-state index in [1.54, 1.807) is 0 Å². The van der Waals surface area contributed by atoms with Crippen LogP contribution >= 0.6 is 11.6 Å². The number of halogens is 1. The molecular weight excluding hydrogens is 532 g/mol. The Kier molecular flexibility index (Phi) is 9.85. The molecular formula is C31H53ClO6Si. The highest BCUT2D eigenvalue weighted by atomic mass is 35.5. The molecule has 8 heteroatoms. The second-order valence-corrected chi connectivity index (χ2v) is 19.9. The van der Waals surface area contributed by atoms with Crippen molar-refractivity contribution in [2.24, 2.45) is 29.1 Å². The van der Waals surface area contributed by atoms with Crippen LogP contribution in [0.25, 0.3) is 0 Å². The topological polar surface area (TPSA) is 82.1 Å². The van der Waals surface area contributed by atoms with E-state index in [1.165, 1.54) is 0 Å². The zero-order valence-corrected chi connectivity index (χ0v) is 27.6. The largest absolute Gasteiger partial charge is 0.462 e. The van der Waals surface area contributed by atoms with Gasteiger partial charge < -0.3 is 19.0 Å². The molecule has 9 atom stereocenters. The maximum absolute atomic E-state index is 13.2. The minimum atomic E-state index is -2.02. The third kappa shape index (κ3) is 6.95. The molecule has 39 heavy (non-hydrogen) atoms. The van der Waals surface area contributed by atoms with E-state index in [0.29, 0.717) is 32.1 Å². The summed E-state index contributed by atoms with van der Waals surface area (Å²) in [5.74, 6) is -0.592. The van der Waals surface area contributed by atoms with Gasteiger partial charge in [0.2, 0.25) is 0 Å². The van der Waals surface area contributed by atoms with E-state index in [0.717, 1.165) is 6.42 Å².